The van der Waals surface area contributed by atoms with E-state index in [2.05, 4.69) is 5.10 Å². The van der Waals surface area contributed by atoms with Crippen LogP contribution in [0.3, 0.4) is 0 Å². The molecule has 0 saturated carbocycles. The molecule has 0 amide bonds. The van der Waals surface area contributed by atoms with E-state index in [4.69, 9.17) is 9.15 Å². The zero-order valence-corrected chi connectivity index (χ0v) is 12.2. The third kappa shape index (κ3) is 2.79. The van der Waals surface area contributed by atoms with E-state index in [-0.39, 0.29) is 0 Å². The average molecular weight is 296 g/mol. The van der Waals surface area contributed by atoms with Crippen molar-refractivity contribution in [3.05, 3.63) is 60.1 Å². The number of carbonyl (C=O) groups is 1. The maximum Gasteiger partial charge on any atom is 0.185 e. The molecule has 0 bridgehead atoms. The lowest BCUT2D eigenvalue weighted by molar-refractivity contribution is 0.110. The number of hydrogen-bond acceptors (Lipinski definition) is 4. The van der Waals surface area contributed by atoms with Crippen molar-refractivity contribution in [2.24, 2.45) is 0 Å². The Morgan fingerprint density at radius 1 is 1.23 bits per heavy atom. The van der Waals surface area contributed by atoms with Crippen LogP contribution in [0.5, 0.6) is 5.75 Å². The van der Waals surface area contributed by atoms with Gasteiger partial charge in [0.25, 0.3) is 0 Å². The van der Waals surface area contributed by atoms with Crippen LogP contribution in [0.25, 0.3) is 11.3 Å². The van der Waals surface area contributed by atoms with Crippen molar-refractivity contribution in [2.45, 2.75) is 20.1 Å². The first-order valence-corrected chi connectivity index (χ1v) is 7.09. The van der Waals surface area contributed by atoms with Gasteiger partial charge >= 0.3 is 0 Å². The number of hydrogen-bond donors (Lipinski definition) is 0. The van der Waals surface area contributed by atoms with Crippen molar-refractivity contribution in [2.75, 3.05) is 0 Å². The number of rotatable bonds is 6. The molecule has 112 valence electrons. The molecule has 3 aromatic rings. The Bertz CT molecular complexity index is 774. The summed E-state index contributed by atoms with van der Waals surface area (Å²) in [6.07, 6.45) is 2.45. The Morgan fingerprint density at radius 3 is 2.86 bits per heavy atom. The zero-order valence-electron chi connectivity index (χ0n) is 12.2. The molecule has 0 atom stereocenters. The SMILES string of the molecule is CCn1nccc1COc1ccccc1-c1ccc(C=O)o1. The number of para-hydroxylation sites is 1. The lowest BCUT2D eigenvalue weighted by atomic mass is 10.1. The smallest absolute Gasteiger partial charge is 0.185 e. The Hall–Kier alpha value is -2.82. The highest BCUT2D eigenvalue weighted by molar-refractivity contribution is 5.74. The fourth-order valence-electron chi connectivity index (χ4n) is 2.28. The molecular weight excluding hydrogens is 280 g/mol. The molecule has 0 aliphatic rings. The standard InChI is InChI=1S/C17H16N2O3/c1-2-19-13(9-10-18-19)12-21-16-6-4-3-5-15(16)17-8-7-14(11-20)22-17/h3-11H,2,12H2,1H3. The first kappa shape index (κ1) is 14.1. The van der Waals surface area contributed by atoms with Crippen molar-refractivity contribution in [3.63, 3.8) is 0 Å². The fraction of sp³-hybridized carbons (Fsp3) is 0.176. The number of nitrogens with zero attached hydrogens (tertiary/aromatic N) is 2. The van der Waals surface area contributed by atoms with Gasteiger partial charge in [-0.3, -0.25) is 9.48 Å². The highest BCUT2D eigenvalue weighted by atomic mass is 16.5. The van der Waals surface area contributed by atoms with E-state index < -0.39 is 0 Å². The van der Waals surface area contributed by atoms with E-state index in [1.807, 2.05) is 41.9 Å². The van der Waals surface area contributed by atoms with Gasteiger partial charge in [-0.2, -0.15) is 5.10 Å². The van der Waals surface area contributed by atoms with Gasteiger partial charge in [0.1, 0.15) is 18.1 Å². The first-order chi connectivity index (χ1) is 10.8. The summed E-state index contributed by atoms with van der Waals surface area (Å²) in [5.74, 6) is 1.62. The summed E-state index contributed by atoms with van der Waals surface area (Å²) in [7, 11) is 0. The molecule has 0 spiro atoms. The van der Waals surface area contributed by atoms with Gasteiger partial charge in [0.2, 0.25) is 0 Å². The van der Waals surface area contributed by atoms with E-state index in [1.54, 1.807) is 18.3 Å². The van der Waals surface area contributed by atoms with Gasteiger partial charge < -0.3 is 9.15 Å². The number of ether oxygens (including phenoxy) is 1. The molecule has 0 aliphatic heterocycles. The summed E-state index contributed by atoms with van der Waals surface area (Å²) in [4.78, 5) is 10.8. The third-order valence-corrected chi connectivity index (χ3v) is 3.38. The molecule has 0 radical (unpaired) electrons. The number of aryl methyl sites for hydroxylation is 1. The van der Waals surface area contributed by atoms with Crippen LogP contribution in [0.4, 0.5) is 0 Å². The van der Waals surface area contributed by atoms with Gasteiger partial charge in [0.15, 0.2) is 12.0 Å². The van der Waals surface area contributed by atoms with E-state index in [0.717, 1.165) is 17.8 Å². The van der Waals surface area contributed by atoms with E-state index in [0.29, 0.717) is 30.2 Å². The van der Waals surface area contributed by atoms with Crippen LogP contribution in [0.15, 0.2) is 53.1 Å². The van der Waals surface area contributed by atoms with E-state index in [1.165, 1.54) is 0 Å². The predicted molar refractivity (Wildman–Crippen MR) is 81.8 cm³/mol. The minimum atomic E-state index is 0.300. The summed E-state index contributed by atoms with van der Waals surface area (Å²) in [6, 6.07) is 12.9. The molecule has 0 saturated heterocycles. The molecule has 2 heterocycles. The summed E-state index contributed by atoms with van der Waals surface area (Å²) in [6.45, 7) is 3.26. The molecule has 0 aliphatic carbocycles. The molecule has 0 N–H and O–H groups in total. The average Bonchev–Trinajstić information content (AvgIpc) is 3.21. The Kier molecular flexibility index (Phi) is 4.05. The maximum absolute atomic E-state index is 10.8. The summed E-state index contributed by atoms with van der Waals surface area (Å²) in [5, 5.41) is 4.22. The molecule has 0 unspecified atom stereocenters. The van der Waals surface area contributed by atoms with Crippen LogP contribution < -0.4 is 4.74 Å². The Morgan fingerprint density at radius 2 is 2.09 bits per heavy atom. The van der Waals surface area contributed by atoms with Gasteiger partial charge in [0, 0.05) is 12.7 Å². The first-order valence-electron chi connectivity index (χ1n) is 7.09. The minimum absolute atomic E-state index is 0.300. The molecule has 5 nitrogen and oxygen atoms in total. The molecule has 22 heavy (non-hydrogen) atoms. The van der Waals surface area contributed by atoms with Crippen LogP contribution in [0, 0.1) is 0 Å². The van der Waals surface area contributed by atoms with Crippen LogP contribution in [-0.2, 0) is 13.2 Å². The molecule has 1 aromatic carbocycles. The third-order valence-electron chi connectivity index (χ3n) is 3.38. The summed E-state index contributed by atoms with van der Waals surface area (Å²) >= 11 is 0. The highest BCUT2D eigenvalue weighted by Crippen LogP contribution is 2.31. The normalized spacial score (nSPS) is 10.6. The van der Waals surface area contributed by atoms with Gasteiger partial charge in [-0.25, -0.2) is 0 Å². The molecule has 3 rings (SSSR count). The van der Waals surface area contributed by atoms with Crippen LogP contribution in [0.2, 0.25) is 0 Å². The largest absolute Gasteiger partial charge is 0.487 e. The number of aldehydes is 1. The lowest BCUT2D eigenvalue weighted by Gasteiger charge is -2.10. The highest BCUT2D eigenvalue weighted by Gasteiger charge is 2.11. The molecule has 2 aromatic heterocycles. The van der Waals surface area contributed by atoms with Gasteiger partial charge in [0.05, 0.1) is 11.3 Å². The predicted octanol–water partition coefficient (Wildman–Crippen LogP) is 3.55. The van der Waals surface area contributed by atoms with Gasteiger partial charge in [-0.15, -0.1) is 0 Å². The molecular formula is C17H16N2O3. The van der Waals surface area contributed by atoms with Crippen molar-refractivity contribution >= 4 is 6.29 Å². The number of aromatic nitrogens is 2. The number of carbonyl (C=O) groups excluding carboxylic acids is 1. The van der Waals surface area contributed by atoms with Crippen molar-refractivity contribution in [1.29, 1.82) is 0 Å². The van der Waals surface area contributed by atoms with Gasteiger partial charge in [-0.05, 0) is 37.3 Å². The van der Waals surface area contributed by atoms with E-state index in [9.17, 15) is 4.79 Å². The fourth-order valence-corrected chi connectivity index (χ4v) is 2.28. The Labute approximate surface area is 128 Å². The maximum atomic E-state index is 10.8. The van der Waals surface area contributed by atoms with Crippen LogP contribution in [0.1, 0.15) is 23.2 Å². The lowest BCUT2D eigenvalue weighted by Crippen LogP contribution is -2.06. The Balaban J connectivity index is 1.83. The van der Waals surface area contributed by atoms with Crippen LogP contribution >= 0.6 is 0 Å². The summed E-state index contributed by atoms with van der Waals surface area (Å²) in [5.41, 5.74) is 1.82. The van der Waals surface area contributed by atoms with Crippen molar-refractivity contribution in [1.82, 2.24) is 9.78 Å². The summed E-state index contributed by atoms with van der Waals surface area (Å²) < 4.78 is 13.3. The van der Waals surface area contributed by atoms with Crippen LogP contribution in [-0.4, -0.2) is 16.1 Å². The zero-order chi connectivity index (χ0) is 15.4. The quantitative estimate of drug-likeness (QED) is 0.653. The minimum Gasteiger partial charge on any atom is -0.487 e. The second-order valence-corrected chi connectivity index (χ2v) is 4.74. The van der Waals surface area contributed by atoms with Crippen molar-refractivity contribution < 1.29 is 13.9 Å². The second-order valence-electron chi connectivity index (χ2n) is 4.74. The van der Waals surface area contributed by atoms with Crippen molar-refractivity contribution in [3.8, 4) is 17.1 Å². The number of furan rings is 1. The van der Waals surface area contributed by atoms with Gasteiger partial charge in [-0.1, -0.05) is 12.1 Å². The van der Waals surface area contributed by atoms with E-state index >= 15 is 0 Å². The monoisotopic (exact) mass is 296 g/mol. The molecule has 0 fully saturated rings. The second kappa shape index (κ2) is 6.30. The topological polar surface area (TPSA) is 57.3 Å². The number of benzene rings is 1. The molecule has 5 heteroatoms.